The summed E-state index contributed by atoms with van der Waals surface area (Å²) < 4.78 is 7.97. The minimum Gasteiger partial charge on any atom is -0.493 e. The SMILES string of the molecule is CCOc1c(-c2ccc(C(=O)N(C)C)nc2)cccc1C(C)n1nc(C)c2c(N)ncnc21. The molecule has 1 amide bonds. The molecule has 0 aliphatic carbocycles. The average molecular weight is 446 g/mol. The molecule has 170 valence electrons. The number of hydrogen-bond donors (Lipinski definition) is 1. The van der Waals surface area contributed by atoms with E-state index < -0.39 is 0 Å². The molecule has 3 aromatic heterocycles. The van der Waals surface area contributed by atoms with Gasteiger partial charge in [0, 0.05) is 37.0 Å². The Labute approximate surface area is 192 Å². The van der Waals surface area contributed by atoms with Crippen LogP contribution in [0.25, 0.3) is 22.2 Å². The number of amides is 1. The van der Waals surface area contributed by atoms with E-state index in [4.69, 9.17) is 15.6 Å². The van der Waals surface area contributed by atoms with E-state index in [1.807, 2.05) is 49.7 Å². The van der Waals surface area contributed by atoms with Crippen LogP contribution >= 0.6 is 0 Å². The molecule has 9 heteroatoms. The number of benzene rings is 1. The van der Waals surface area contributed by atoms with Gasteiger partial charge < -0.3 is 15.4 Å². The molecular weight excluding hydrogens is 418 g/mol. The number of carbonyl (C=O) groups excluding carboxylic acids is 1. The van der Waals surface area contributed by atoms with Crippen LogP contribution < -0.4 is 10.5 Å². The largest absolute Gasteiger partial charge is 0.493 e. The first-order chi connectivity index (χ1) is 15.8. The lowest BCUT2D eigenvalue weighted by Crippen LogP contribution is -2.22. The molecular formula is C24H27N7O2. The normalized spacial score (nSPS) is 12.0. The highest BCUT2D eigenvalue weighted by Gasteiger charge is 2.22. The van der Waals surface area contributed by atoms with Crippen molar-refractivity contribution in [2.24, 2.45) is 0 Å². The minimum absolute atomic E-state index is 0.142. The third-order valence-corrected chi connectivity index (χ3v) is 5.54. The number of anilines is 1. The van der Waals surface area contributed by atoms with Crippen LogP contribution in [0.15, 0.2) is 42.9 Å². The van der Waals surface area contributed by atoms with Crippen molar-refractivity contribution in [2.75, 3.05) is 26.4 Å². The predicted molar refractivity (Wildman–Crippen MR) is 127 cm³/mol. The highest BCUT2D eigenvalue weighted by atomic mass is 16.5. The number of hydrogen-bond acceptors (Lipinski definition) is 7. The standard InChI is InChI=1S/C24H27N7O2/c1-6-33-21-17(15(3)31-23-20(14(2)29-31)22(25)27-13-28-23)8-7-9-18(21)16-10-11-19(26-12-16)24(32)30(4)5/h7-13,15H,6H2,1-5H3,(H2,25,27,28). The topological polar surface area (TPSA) is 112 Å². The second-order valence-electron chi connectivity index (χ2n) is 7.95. The Balaban J connectivity index is 1.81. The monoisotopic (exact) mass is 445 g/mol. The zero-order chi connectivity index (χ0) is 23.7. The number of nitrogens with two attached hydrogens (primary N) is 1. The average Bonchev–Trinajstić information content (AvgIpc) is 3.16. The Morgan fingerprint density at radius 3 is 2.64 bits per heavy atom. The van der Waals surface area contributed by atoms with Crippen LogP contribution in [0.5, 0.6) is 5.75 Å². The Kier molecular flexibility index (Phi) is 5.95. The van der Waals surface area contributed by atoms with Crippen molar-refractivity contribution in [1.82, 2.24) is 29.6 Å². The van der Waals surface area contributed by atoms with Gasteiger partial charge in [0.2, 0.25) is 0 Å². The van der Waals surface area contributed by atoms with Crippen molar-refractivity contribution < 1.29 is 9.53 Å². The molecule has 1 aromatic carbocycles. The minimum atomic E-state index is -0.181. The van der Waals surface area contributed by atoms with Gasteiger partial charge in [0.1, 0.15) is 23.6 Å². The van der Waals surface area contributed by atoms with Gasteiger partial charge in [0.15, 0.2) is 5.65 Å². The number of fused-ring (bicyclic) bond motifs is 1. The molecule has 9 nitrogen and oxygen atoms in total. The number of aryl methyl sites for hydroxylation is 1. The number of aromatic nitrogens is 5. The third-order valence-electron chi connectivity index (χ3n) is 5.54. The van der Waals surface area contributed by atoms with Crippen molar-refractivity contribution in [1.29, 1.82) is 0 Å². The molecule has 0 spiro atoms. The molecule has 1 unspecified atom stereocenters. The number of pyridine rings is 1. The lowest BCUT2D eigenvalue weighted by atomic mass is 9.99. The van der Waals surface area contributed by atoms with Crippen molar-refractivity contribution in [3.05, 3.63) is 59.8 Å². The van der Waals surface area contributed by atoms with Gasteiger partial charge in [-0.25, -0.2) is 14.6 Å². The highest BCUT2D eigenvalue weighted by Crippen LogP contribution is 2.38. The Hall–Kier alpha value is -4.01. The van der Waals surface area contributed by atoms with Gasteiger partial charge in [0.05, 0.1) is 23.7 Å². The summed E-state index contributed by atoms with van der Waals surface area (Å²) in [4.78, 5) is 26.6. The van der Waals surface area contributed by atoms with Gasteiger partial charge in [-0.3, -0.25) is 9.78 Å². The maximum atomic E-state index is 12.2. The molecule has 4 aromatic rings. The van der Waals surface area contributed by atoms with Gasteiger partial charge >= 0.3 is 0 Å². The maximum absolute atomic E-state index is 12.2. The fourth-order valence-electron chi connectivity index (χ4n) is 3.90. The van der Waals surface area contributed by atoms with E-state index in [1.54, 1.807) is 26.4 Å². The number of nitrogens with zero attached hydrogens (tertiary/aromatic N) is 6. The van der Waals surface area contributed by atoms with Gasteiger partial charge in [-0.05, 0) is 26.8 Å². The second kappa shape index (κ2) is 8.85. The summed E-state index contributed by atoms with van der Waals surface area (Å²) in [5.41, 5.74) is 10.6. The molecule has 3 heterocycles. The van der Waals surface area contributed by atoms with Crippen LogP contribution in [-0.4, -0.2) is 56.2 Å². The number of nitrogen functional groups attached to an aromatic ring is 1. The first kappa shape index (κ1) is 22.2. The summed E-state index contributed by atoms with van der Waals surface area (Å²) in [6, 6.07) is 9.41. The number of ether oxygens (including phenoxy) is 1. The second-order valence-corrected chi connectivity index (χ2v) is 7.95. The van der Waals surface area contributed by atoms with E-state index in [0.717, 1.165) is 33.5 Å². The molecule has 0 saturated carbocycles. The van der Waals surface area contributed by atoms with E-state index in [9.17, 15) is 4.79 Å². The molecule has 1 atom stereocenters. The number of carbonyl (C=O) groups is 1. The molecule has 0 fully saturated rings. The van der Waals surface area contributed by atoms with Gasteiger partial charge in [-0.2, -0.15) is 5.10 Å². The predicted octanol–water partition coefficient (Wildman–Crippen LogP) is 3.49. The summed E-state index contributed by atoms with van der Waals surface area (Å²) in [6.07, 6.45) is 3.15. The Bertz CT molecular complexity index is 1310. The molecule has 2 N–H and O–H groups in total. The van der Waals surface area contributed by atoms with E-state index in [-0.39, 0.29) is 11.9 Å². The van der Waals surface area contributed by atoms with Crippen LogP contribution in [0.3, 0.4) is 0 Å². The van der Waals surface area contributed by atoms with Crippen molar-refractivity contribution in [2.45, 2.75) is 26.8 Å². The van der Waals surface area contributed by atoms with E-state index in [2.05, 4.69) is 15.0 Å². The maximum Gasteiger partial charge on any atom is 0.271 e. The fourth-order valence-corrected chi connectivity index (χ4v) is 3.90. The van der Waals surface area contributed by atoms with Crippen LogP contribution in [0.4, 0.5) is 5.82 Å². The lowest BCUT2D eigenvalue weighted by Gasteiger charge is -2.20. The zero-order valence-corrected chi connectivity index (χ0v) is 19.4. The summed E-state index contributed by atoms with van der Waals surface area (Å²) >= 11 is 0. The van der Waals surface area contributed by atoms with Crippen molar-refractivity contribution in [3.63, 3.8) is 0 Å². The highest BCUT2D eigenvalue weighted by molar-refractivity contribution is 5.92. The van der Waals surface area contributed by atoms with Gasteiger partial charge in [-0.1, -0.05) is 24.3 Å². The molecule has 0 bridgehead atoms. The molecule has 0 saturated heterocycles. The van der Waals surface area contributed by atoms with Crippen LogP contribution in [-0.2, 0) is 0 Å². The van der Waals surface area contributed by atoms with Crippen LogP contribution in [0.1, 0.15) is 41.6 Å². The summed E-state index contributed by atoms with van der Waals surface area (Å²) in [5, 5.41) is 5.46. The Morgan fingerprint density at radius 1 is 1.18 bits per heavy atom. The number of rotatable bonds is 6. The fraction of sp³-hybridized carbons (Fsp3) is 0.292. The lowest BCUT2D eigenvalue weighted by molar-refractivity contribution is 0.0822. The van der Waals surface area contributed by atoms with E-state index >= 15 is 0 Å². The third kappa shape index (κ3) is 3.97. The van der Waals surface area contributed by atoms with Gasteiger partial charge in [-0.15, -0.1) is 0 Å². The molecule has 4 rings (SSSR count). The van der Waals surface area contributed by atoms with E-state index in [1.165, 1.54) is 11.2 Å². The molecule has 33 heavy (non-hydrogen) atoms. The molecule has 0 aliphatic heterocycles. The first-order valence-electron chi connectivity index (χ1n) is 10.7. The van der Waals surface area contributed by atoms with Crippen molar-refractivity contribution in [3.8, 4) is 16.9 Å². The number of para-hydroxylation sites is 1. The van der Waals surface area contributed by atoms with Crippen molar-refractivity contribution >= 4 is 22.8 Å². The quantitative estimate of drug-likeness (QED) is 0.483. The Morgan fingerprint density at radius 2 is 1.97 bits per heavy atom. The zero-order valence-electron chi connectivity index (χ0n) is 19.4. The molecule has 0 radical (unpaired) electrons. The van der Waals surface area contributed by atoms with Gasteiger partial charge in [0.25, 0.3) is 5.91 Å². The molecule has 0 aliphatic rings. The van der Waals surface area contributed by atoms with E-state index in [0.29, 0.717) is 23.8 Å². The van der Waals surface area contributed by atoms with Crippen LogP contribution in [0, 0.1) is 6.92 Å². The summed E-state index contributed by atoms with van der Waals surface area (Å²) in [5.74, 6) is 1.01. The smallest absolute Gasteiger partial charge is 0.271 e. The van der Waals surface area contributed by atoms with Crippen LogP contribution in [0.2, 0.25) is 0 Å². The summed E-state index contributed by atoms with van der Waals surface area (Å²) in [7, 11) is 3.41. The summed E-state index contributed by atoms with van der Waals surface area (Å²) in [6.45, 7) is 6.38. The first-order valence-corrected chi connectivity index (χ1v) is 10.7.